The van der Waals surface area contributed by atoms with E-state index in [1.54, 1.807) is 12.1 Å². The first-order valence-electron chi connectivity index (χ1n) is 5.22. The van der Waals surface area contributed by atoms with Crippen molar-refractivity contribution in [3.8, 4) is 5.75 Å². The van der Waals surface area contributed by atoms with Gasteiger partial charge in [0.1, 0.15) is 12.0 Å². The van der Waals surface area contributed by atoms with E-state index >= 15 is 0 Å². The Morgan fingerprint density at radius 3 is 2.87 bits per heavy atom. The smallest absolute Gasteiger partial charge is 0.145 e. The molecule has 0 bridgehead atoms. The van der Waals surface area contributed by atoms with Gasteiger partial charge in [0, 0.05) is 0 Å². The Labute approximate surface area is 89.2 Å². The summed E-state index contributed by atoms with van der Waals surface area (Å²) in [6.45, 7) is 0. The zero-order chi connectivity index (χ0) is 10.7. The Kier molecular flexibility index (Phi) is 2.86. The molecule has 0 amide bonds. The first-order chi connectivity index (χ1) is 7.29. The molecule has 0 atom stereocenters. The van der Waals surface area contributed by atoms with Gasteiger partial charge in [0.05, 0.1) is 0 Å². The van der Waals surface area contributed by atoms with Gasteiger partial charge >= 0.3 is 0 Å². The van der Waals surface area contributed by atoms with Crippen LogP contribution in [0.2, 0.25) is 0 Å². The fourth-order valence-electron chi connectivity index (χ4n) is 1.65. The second-order valence-electron chi connectivity index (χ2n) is 3.97. The molecule has 0 heterocycles. The second kappa shape index (κ2) is 4.30. The molecule has 1 aromatic rings. The number of carbonyl (C=O) groups excluding carboxylic acids is 1. The predicted octanol–water partition coefficient (Wildman–Crippen LogP) is 2.47. The van der Waals surface area contributed by atoms with E-state index in [-0.39, 0.29) is 5.75 Å². The average molecular weight is 202 g/mol. The number of hydrogen-bond donors (Lipinski definition) is 1. The van der Waals surface area contributed by atoms with E-state index in [1.165, 1.54) is 0 Å². The van der Waals surface area contributed by atoms with Crippen LogP contribution in [-0.2, 0) is 11.2 Å². The van der Waals surface area contributed by atoms with Crippen molar-refractivity contribution in [2.45, 2.75) is 19.3 Å². The van der Waals surface area contributed by atoms with E-state index in [9.17, 15) is 9.90 Å². The van der Waals surface area contributed by atoms with E-state index in [0.29, 0.717) is 5.92 Å². The zero-order valence-corrected chi connectivity index (χ0v) is 8.52. The maximum absolute atomic E-state index is 10.8. The van der Waals surface area contributed by atoms with Crippen LogP contribution in [0.3, 0.4) is 0 Å². The molecule has 1 aliphatic rings. The topological polar surface area (TPSA) is 37.3 Å². The Morgan fingerprint density at radius 1 is 1.47 bits per heavy atom. The zero-order valence-electron chi connectivity index (χ0n) is 8.52. The molecule has 78 valence electrons. The normalized spacial score (nSPS) is 16.4. The number of rotatable bonds is 4. The van der Waals surface area contributed by atoms with Gasteiger partial charge in [-0.25, -0.2) is 0 Å². The molecule has 1 N–H and O–H groups in total. The number of phenolic OH excluding ortho intramolecular Hbond substituents is 1. The Hall–Kier alpha value is -1.57. The maximum Gasteiger partial charge on any atom is 0.145 e. The van der Waals surface area contributed by atoms with Gasteiger partial charge in [-0.15, -0.1) is 0 Å². The van der Waals surface area contributed by atoms with Crippen molar-refractivity contribution in [2.75, 3.05) is 0 Å². The summed E-state index contributed by atoms with van der Waals surface area (Å²) in [5.41, 5.74) is 1.95. The van der Waals surface area contributed by atoms with Gasteiger partial charge in [-0.3, -0.25) is 4.79 Å². The Balaban J connectivity index is 2.05. The summed E-state index contributed by atoms with van der Waals surface area (Å²) >= 11 is 0. The molecule has 0 radical (unpaired) electrons. The number of carbonyl (C=O) groups is 1. The number of aldehydes is 1. The van der Waals surface area contributed by atoms with Crippen LogP contribution in [0.4, 0.5) is 0 Å². The van der Waals surface area contributed by atoms with Gasteiger partial charge in [-0.05, 0) is 48.4 Å². The molecule has 2 rings (SSSR count). The van der Waals surface area contributed by atoms with Crippen LogP contribution < -0.4 is 0 Å². The minimum Gasteiger partial charge on any atom is -0.508 e. The van der Waals surface area contributed by atoms with Gasteiger partial charge in [0.2, 0.25) is 0 Å². The van der Waals surface area contributed by atoms with Gasteiger partial charge in [-0.1, -0.05) is 18.2 Å². The monoisotopic (exact) mass is 202 g/mol. The highest BCUT2D eigenvalue weighted by atomic mass is 16.3. The van der Waals surface area contributed by atoms with Crippen LogP contribution in [0, 0.1) is 5.92 Å². The lowest BCUT2D eigenvalue weighted by molar-refractivity contribution is -0.105. The first kappa shape index (κ1) is 9.97. The quantitative estimate of drug-likeness (QED) is 0.601. The van der Waals surface area contributed by atoms with Crippen molar-refractivity contribution < 1.29 is 9.90 Å². The molecule has 2 nitrogen and oxygen atoms in total. The fraction of sp³-hybridized carbons (Fsp3) is 0.308. The van der Waals surface area contributed by atoms with E-state index in [0.717, 1.165) is 36.7 Å². The highest BCUT2D eigenvalue weighted by molar-refractivity contribution is 5.74. The van der Waals surface area contributed by atoms with Crippen molar-refractivity contribution in [1.82, 2.24) is 0 Å². The van der Waals surface area contributed by atoms with Crippen LogP contribution >= 0.6 is 0 Å². The third-order valence-corrected chi connectivity index (χ3v) is 2.67. The number of phenols is 1. The standard InChI is InChI=1S/C13H14O2/c14-9-12(11-6-7-11)5-4-10-2-1-3-13(15)8-10/h1-3,5,8-9,11,15H,4,6-7H2. The van der Waals surface area contributed by atoms with Crippen molar-refractivity contribution >= 4 is 6.29 Å². The van der Waals surface area contributed by atoms with Crippen molar-refractivity contribution in [3.63, 3.8) is 0 Å². The molecule has 1 fully saturated rings. The minimum absolute atomic E-state index is 0.278. The highest BCUT2D eigenvalue weighted by Crippen LogP contribution is 2.35. The number of allylic oxidation sites excluding steroid dienone is 2. The summed E-state index contributed by atoms with van der Waals surface area (Å²) < 4.78 is 0. The van der Waals surface area contributed by atoms with E-state index < -0.39 is 0 Å². The Bertz CT molecular complexity index is 389. The van der Waals surface area contributed by atoms with E-state index in [4.69, 9.17) is 0 Å². The van der Waals surface area contributed by atoms with Gasteiger partial charge in [0.15, 0.2) is 0 Å². The van der Waals surface area contributed by atoms with Crippen LogP contribution in [-0.4, -0.2) is 11.4 Å². The average Bonchev–Trinajstić information content (AvgIpc) is 3.03. The summed E-state index contributed by atoms with van der Waals surface area (Å²) in [5, 5.41) is 9.27. The predicted molar refractivity (Wildman–Crippen MR) is 58.7 cm³/mol. The highest BCUT2D eigenvalue weighted by Gasteiger charge is 2.24. The third-order valence-electron chi connectivity index (χ3n) is 2.67. The molecule has 0 aliphatic heterocycles. The molecular formula is C13H14O2. The van der Waals surface area contributed by atoms with Crippen molar-refractivity contribution in [2.24, 2.45) is 5.92 Å². The fourth-order valence-corrected chi connectivity index (χ4v) is 1.65. The molecule has 2 heteroatoms. The number of hydrogen-bond acceptors (Lipinski definition) is 2. The molecule has 1 aliphatic carbocycles. The van der Waals surface area contributed by atoms with Crippen LogP contribution in [0.25, 0.3) is 0 Å². The van der Waals surface area contributed by atoms with Crippen LogP contribution in [0.1, 0.15) is 18.4 Å². The van der Waals surface area contributed by atoms with Gasteiger partial charge < -0.3 is 5.11 Å². The number of benzene rings is 1. The lowest BCUT2D eigenvalue weighted by Gasteiger charge is -1.99. The molecule has 0 aromatic heterocycles. The second-order valence-corrected chi connectivity index (χ2v) is 3.97. The molecule has 0 saturated heterocycles. The maximum atomic E-state index is 10.8. The molecule has 0 unspecified atom stereocenters. The molecule has 1 aromatic carbocycles. The first-order valence-corrected chi connectivity index (χ1v) is 5.22. The summed E-state index contributed by atoms with van der Waals surface area (Å²) in [4.78, 5) is 10.8. The summed E-state index contributed by atoms with van der Waals surface area (Å²) in [6, 6.07) is 7.14. The minimum atomic E-state index is 0.278. The molecular weight excluding hydrogens is 188 g/mol. The number of aromatic hydroxyl groups is 1. The largest absolute Gasteiger partial charge is 0.508 e. The third kappa shape index (κ3) is 2.69. The summed E-state index contributed by atoms with van der Waals surface area (Å²) in [5.74, 6) is 0.778. The van der Waals surface area contributed by atoms with Gasteiger partial charge in [-0.2, -0.15) is 0 Å². The SMILES string of the molecule is O=CC(=CCc1cccc(O)c1)C1CC1. The lowest BCUT2D eigenvalue weighted by Crippen LogP contribution is -1.89. The van der Waals surface area contributed by atoms with Crippen molar-refractivity contribution in [3.05, 3.63) is 41.5 Å². The molecule has 1 saturated carbocycles. The van der Waals surface area contributed by atoms with Crippen LogP contribution in [0.15, 0.2) is 35.9 Å². The molecule has 0 spiro atoms. The Morgan fingerprint density at radius 2 is 2.27 bits per heavy atom. The molecule has 15 heavy (non-hydrogen) atoms. The van der Waals surface area contributed by atoms with Crippen molar-refractivity contribution in [1.29, 1.82) is 0 Å². The summed E-state index contributed by atoms with van der Waals surface area (Å²) in [6.07, 6.45) is 5.94. The van der Waals surface area contributed by atoms with Crippen LogP contribution in [0.5, 0.6) is 5.75 Å². The van der Waals surface area contributed by atoms with E-state index in [2.05, 4.69) is 0 Å². The lowest BCUT2D eigenvalue weighted by atomic mass is 10.1. The summed E-state index contributed by atoms with van der Waals surface area (Å²) in [7, 11) is 0. The van der Waals surface area contributed by atoms with E-state index in [1.807, 2.05) is 18.2 Å². The van der Waals surface area contributed by atoms with Gasteiger partial charge in [0.25, 0.3) is 0 Å².